The maximum absolute atomic E-state index is 15.7. The summed E-state index contributed by atoms with van der Waals surface area (Å²) in [6.45, 7) is 9.97. The summed E-state index contributed by atoms with van der Waals surface area (Å²) in [7, 11) is 3.01. The normalized spacial score (nSPS) is 14.5. The third kappa shape index (κ3) is 22.8. The number of aliphatic carboxylic acids is 1. The number of nitriles is 1. The predicted molar refractivity (Wildman–Crippen MR) is 402 cm³/mol. The number of esters is 1. The Morgan fingerprint density at radius 2 is 1.04 bits per heavy atom. The van der Waals surface area contributed by atoms with Crippen LogP contribution in [-0.4, -0.2) is 160 Å². The number of alkyl halides is 7. The van der Waals surface area contributed by atoms with Crippen LogP contribution in [0.5, 0.6) is 0 Å². The predicted octanol–water partition coefficient (Wildman–Crippen LogP) is 2.33. The van der Waals surface area contributed by atoms with Crippen molar-refractivity contribution >= 4 is 108 Å². The fourth-order valence-electron chi connectivity index (χ4n) is 12.5. The second kappa shape index (κ2) is 42.6. The molecule has 4 atom stereocenters. The van der Waals surface area contributed by atoms with Crippen LogP contribution < -0.4 is 186 Å². The van der Waals surface area contributed by atoms with Gasteiger partial charge < -0.3 is 51.3 Å². The Balaban J connectivity index is 0.000000356. The van der Waals surface area contributed by atoms with Crippen LogP contribution in [0.25, 0.3) is 55.0 Å². The van der Waals surface area contributed by atoms with Crippen molar-refractivity contribution in [2.75, 3.05) is 49.3 Å². The molecule has 8 heterocycles. The quantitative estimate of drug-likeness (QED) is 0.0238. The number of aryl methyl sites for hydroxylation is 4. The monoisotopic (exact) mass is 1940 g/mol. The zero-order valence-electron chi connectivity index (χ0n) is 64.2. The number of halogens is 9. The van der Waals surface area contributed by atoms with Gasteiger partial charge in [-0.3, -0.25) is 53.0 Å². The Kier molecular flexibility index (Phi) is 35.6. The van der Waals surface area contributed by atoms with E-state index >= 15 is 8.78 Å². The van der Waals surface area contributed by atoms with E-state index < -0.39 is 125 Å². The number of pyridine rings is 4. The van der Waals surface area contributed by atoms with Crippen molar-refractivity contribution < 1.29 is 228 Å². The number of carboxylic acids is 1. The van der Waals surface area contributed by atoms with E-state index in [1.165, 1.54) is 124 Å². The Labute approximate surface area is 776 Å². The summed E-state index contributed by atoms with van der Waals surface area (Å²) >= 11 is 2.34. The summed E-state index contributed by atoms with van der Waals surface area (Å²) in [5.74, 6) is -6.54. The second-order valence-electron chi connectivity index (χ2n) is 25.6. The molecule has 594 valence electrons. The minimum Gasteiger partial charge on any atom is -1.00 e. The molecular formula is C75H74Cs2F8IN13O15. The molecule has 0 unspecified atom stereocenters. The first kappa shape index (κ1) is 95.3. The zero-order chi connectivity index (χ0) is 82.4. The number of nitrogens with zero attached hydrogens (tertiary/aromatic N) is 11. The first-order valence-electron chi connectivity index (χ1n) is 34.0. The third-order valence-electron chi connectivity index (χ3n) is 17.4. The van der Waals surface area contributed by atoms with Crippen LogP contribution in [0.4, 0.5) is 46.5 Å². The number of fused-ring (bicyclic) bond motifs is 4. The second-order valence-corrected chi connectivity index (χ2v) is 28.1. The molecule has 12 rings (SSSR count). The third-order valence-corrected chi connectivity index (χ3v) is 17.4. The van der Waals surface area contributed by atoms with Gasteiger partial charge in [-0.05, 0) is 111 Å². The van der Waals surface area contributed by atoms with Gasteiger partial charge >= 0.3 is 173 Å². The van der Waals surface area contributed by atoms with Gasteiger partial charge in [0, 0.05) is 97.8 Å². The van der Waals surface area contributed by atoms with Gasteiger partial charge in [0.05, 0.1) is 106 Å². The Morgan fingerprint density at radius 1 is 0.667 bits per heavy atom. The van der Waals surface area contributed by atoms with Crippen LogP contribution >= 0.6 is 22.6 Å². The van der Waals surface area contributed by atoms with Gasteiger partial charge in [0.25, 0.3) is 29.4 Å². The number of morpholine rings is 2. The average Bonchev–Trinajstić information content (AvgIpc) is 0.754. The van der Waals surface area contributed by atoms with Gasteiger partial charge in [0.1, 0.15) is 35.8 Å². The Bertz CT molecular complexity index is 5450. The number of ether oxygens (including phenoxy) is 3. The van der Waals surface area contributed by atoms with Crippen LogP contribution in [0.1, 0.15) is 79.0 Å². The number of amides is 2. The van der Waals surface area contributed by atoms with Crippen molar-refractivity contribution in [2.24, 2.45) is 14.1 Å². The molecule has 2 aliphatic heterocycles. The number of carbonyl (C=O) groups excluding carboxylic acids is 4. The fraction of sp³-hybridized carbons (Fsp3) is 0.333. The first-order valence-corrected chi connectivity index (χ1v) is 35.3. The standard InChI is InChI=1S/C36H34F4N6O6.C33H28F4N6O6.C3H7I.C2H3N.CH2O3.2Cs.H/c1-19(2)52-34(49)26(43-32(47)30-20(3)14-22(16-25(30)37)45-12-13-51-18-29(45)36(38,39)40)15-21-7-8-27(31-23(21)6-5-10-42-31)46-33(48)24-9-11-41-17-28(24)44(4)35(46)50;1-17-12-19(42-10-11-49-16-26(42)33(35,36)37)14-22(34)27(17)29(44)40-23(31(46)47)13-18-5-6-24(28-20(18)4-3-8-39-28)43-30(45)21-7-9-38-15-25(21)41(2)32(43)48;1-3(2)4;1-2-3;2-1-4-3;;;/h5-11,14,16-17,19,26,29H,12-13,15,18H2,1-4H3,(H,43,47);3-9,12,14-15,23,26H,10-11,13,16H2,1-2H3,(H,40,44)(H,46,47);3H,1-2H3;1H3;1,3H;;;/q;;;;;2*+1;-1/p-1/t26-,29+;23-,26+;;;;;;/m00....../s1. The fourth-order valence-corrected chi connectivity index (χ4v) is 12.5. The molecule has 39 heteroatoms. The van der Waals surface area contributed by atoms with Crippen LogP contribution in [0.3, 0.4) is 0 Å². The topological polar surface area (TPSA) is 359 Å². The molecule has 28 nitrogen and oxygen atoms in total. The molecule has 2 amide bonds. The molecule has 0 radical (unpaired) electrons. The first-order chi connectivity index (χ1) is 53.0. The van der Waals surface area contributed by atoms with Crippen molar-refractivity contribution in [1.82, 2.24) is 48.8 Å². The molecule has 3 N–H and O–H groups in total. The molecule has 0 aliphatic carbocycles. The molecule has 4 aromatic carbocycles. The number of rotatable bonds is 16. The number of nitrogens with one attached hydrogen (secondary N) is 2. The number of carboxylic acid groups (broad SMARTS) is 1. The van der Waals surface area contributed by atoms with Crippen LogP contribution in [0.15, 0.2) is 141 Å². The van der Waals surface area contributed by atoms with Gasteiger partial charge in [0.15, 0.2) is 0 Å². The summed E-state index contributed by atoms with van der Waals surface area (Å²) in [6, 6.07) is 14.5. The van der Waals surface area contributed by atoms with E-state index in [4.69, 9.17) is 29.5 Å². The molecule has 0 spiro atoms. The molecule has 6 aromatic heterocycles. The largest absolute Gasteiger partial charge is 1.00 e. The van der Waals surface area contributed by atoms with Crippen molar-refractivity contribution in [2.45, 2.75) is 108 Å². The number of hydrogen-bond donors (Lipinski definition) is 3. The number of anilines is 2. The summed E-state index contributed by atoms with van der Waals surface area (Å²) in [5.41, 5.74) is -1.25. The van der Waals surface area contributed by atoms with Gasteiger partial charge in [0.2, 0.25) is 0 Å². The molecular weight excluding hydrogens is 1870 g/mol. The van der Waals surface area contributed by atoms with Crippen molar-refractivity contribution in [1.29, 1.82) is 5.26 Å². The molecule has 2 saturated heterocycles. The van der Waals surface area contributed by atoms with Crippen molar-refractivity contribution in [3.05, 3.63) is 209 Å². The SMILES string of the molecule is CC#N.CC(C)I.Cc1cc(N2CCOC[C@@H]2C(F)(F)F)cc(F)c1C(=O)N[C@@H](Cc1ccc(-n2c(=O)c3ccncc3n(C)c2=O)c2ncccc12)C(=O)O.Cc1cc(N2CCOC[C@@H]2C(F)(F)F)cc(F)c1C(=O)N[C@@H](Cc1ccc(-n2c(=O)c3ccncc3n(C)c2=O)c2ncccc12)C(=O)OC(C)C.O=CO[O-].[Cs+].[Cs+].[H-]. The molecule has 10 aromatic rings. The van der Waals surface area contributed by atoms with Crippen LogP contribution in [0.2, 0.25) is 0 Å². The minimum atomic E-state index is -4.65. The summed E-state index contributed by atoms with van der Waals surface area (Å²) in [6.07, 6.45) is -1.74. The molecule has 0 bridgehead atoms. The Hall–Kier alpha value is -7.53. The summed E-state index contributed by atoms with van der Waals surface area (Å²) in [4.78, 5) is 137. The molecule has 2 aliphatic rings. The zero-order valence-corrected chi connectivity index (χ0v) is 77.9. The van der Waals surface area contributed by atoms with E-state index in [1.54, 1.807) is 50.2 Å². The van der Waals surface area contributed by atoms with Crippen molar-refractivity contribution in [3.8, 4) is 17.4 Å². The van der Waals surface area contributed by atoms with Crippen LogP contribution in [0, 0.1) is 36.8 Å². The Morgan fingerprint density at radius 3 is 1.39 bits per heavy atom. The smallest absolute Gasteiger partial charge is 1.00 e. The number of aromatic nitrogens is 8. The maximum atomic E-state index is 15.7. The van der Waals surface area contributed by atoms with E-state index in [2.05, 4.69) is 71.9 Å². The number of hydrogen-bond acceptors (Lipinski definition) is 21. The molecule has 2 fully saturated rings. The summed E-state index contributed by atoms with van der Waals surface area (Å²) in [5, 5.41) is 32.0. The molecule has 0 saturated carbocycles. The van der Waals surface area contributed by atoms with E-state index in [-0.39, 0.29) is 241 Å². The van der Waals surface area contributed by atoms with Gasteiger partial charge in [-0.1, -0.05) is 60.7 Å². The van der Waals surface area contributed by atoms with E-state index in [0.29, 0.717) is 32.9 Å². The van der Waals surface area contributed by atoms with Crippen molar-refractivity contribution in [3.63, 3.8) is 0 Å². The van der Waals surface area contributed by atoms with Gasteiger partial charge in [-0.15, -0.1) is 0 Å². The molecule has 114 heavy (non-hydrogen) atoms. The minimum absolute atomic E-state index is 0. The van der Waals surface area contributed by atoms with E-state index in [1.807, 2.05) is 0 Å². The van der Waals surface area contributed by atoms with E-state index in [0.717, 1.165) is 35.0 Å². The number of benzene rings is 4. The van der Waals surface area contributed by atoms with Gasteiger partial charge in [-0.25, -0.2) is 37.1 Å². The maximum Gasteiger partial charge on any atom is 1.00 e. The van der Waals surface area contributed by atoms with E-state index in [9.17, 15) is 69.8 Å². The average molecular weight is 1940 g/mol. The summed E-state index contributed by atoms with van der Waals surface area (Å²) < 4.78 is 134. The number of carbonyl (C=O) groups is 5. The van der Waals surface area contributed by atoms with Crippen LogP contribution in [-0.2, 0) is 60.4 Å². The van der Waals surface area contributed by atoms with Gasteiger partial charge in [-0.2, -0.15) is 31.6 Å².